The molecule has 1 fully saturated rings. The fraction of sp³-hybridized carbons (Fsp3) is 0.500. The average Bonchev–Trinajstić information content (AvgIpc) is 2.35. The SMILES string of the molecule is CNC1CCOC(c2cc(F)c(F)c(F)c2)C1. The number of benzene rings is 1. The molecule has 0 amide bonds. The van der Waals surface area contributed by atoms with Crippen LogP contribution in [0.1, 0.15) is 24.5 Å². The number of hydrogen-bond donors (Lipinski definition) is 1. The smallest absolute Gasteiger partial charge is 0.194 e. The van der Waals surface area contributed by atoms with Gasteiger partial charge in [0.1, 0.15) is 0 Å². The predicted molar refractivity (Wildman–Crippen MR) is 57.1 cm³/mol. The summed E-state index contributed by atoms with van der Waals surface area (Å²) in [6.45, 7) is 0.525. The van der Waals surface area contributed by atoms with E-state index in [4.69, 9.17) is 4.74 Å². The van der Waals surface area contributed by atoms with Crippen molar-refractivity contribution in [2.75, 3.05) is 13.7 Å². The van der Waals surface area contributed by atoms with Gasteiger partial charge in [0, 0.05) is 12.6 Å². The molecule has 1 aliphatic rings. The number of rotatable bonds is 2. The van der Waals surface area contributed by atoms with Crippen LogP contribution >= 0.6 is 0 Å². The normalized spacial score (nSPS) is 24.9. The molecule has 1 aromatic carbocycles. The monoisotopic (exact) mass is 245 g/mol. The van der Waals surface area contributed by atoms with E-state index in [0.29, 0.717) is 18.6 Å². The first-order chi connectivity index (χ1) is 8.11. The molecule has 0 radical (unpaired) electrons. The number of nitrogens with one attached hydrogen (secondary N) is 1. The molecule has 0 aromatic heterocycles. The first-order valence-corrected chi connectivity index (χ1v) is 5.55. The molecular formula is C12H14F3NO. The zero-order valence-corrected chi connectivity index (χ0v) is 9.47. The Balaban J connectivity index is 2.22. The maximum atomic E-state index is 13.1. The molecule has 2 atom stereocenters. The van der Waals surface area contributed by atoms with Crippen LogP contribution in [-0.2, 0) is 4.74 Å². The van der Waals surface area contributed by atoms with Crippen molar-refractivity contribution in [1.29, 1.82) is 0 Å². The molecule has 17 heavy (non-hydrogen) atoms. The lowest BCUT2D eigenvalue weighted by atomic mass is 9.97. The van der Waals surface area contributed by atoms with E-state index in [2.05, 4.69) is 5.32 Å². The van der Waals surface area contributed by atoms with Crippen LogP contribution in [0.2, 0.25) is 0 Å². The topological polar surface area (TPSA) is 21.3 Å². The van der Waals surface area contributed by atoms with E-state index < -0.39 is 17.5 Å². The summed E-state index contributed by atoms with van der Waals surface area (Å²) in [4.78, 5) is 0. The van der Waals surface area contributed by atoms with Crippen LogP contribution in [0.5, 0.6) is 0 Å². The van der Waals surface area contributed by atoms with E-state index >= 15 is 0 Å². The van der Waals surface area contributed by atoms with Crippen LogP contribution < -0.4 is 5.32 Å². The third-order valence-electron chi connectivity index (χ3n) is 3.07. The molecule has 0 saturated carbocycles. The van der Waals surface area contributed by atoms with E-state index in [1.54, 1.807) is 0 Å². The molecule has 1 N–H and O–H groups in total. The van der Waals surface area contributed by atoms with Crippen molar-refractivity contribution >= 4 is 0 Å². The highest BCUT2D eigenvalue weighted by atomic mass is 19.2. The number of halogens is 3. The van der Waals surface area contributed by atoms with Crippen molar-refractivity contribution < 1.29 is 17.9 Å². The van der Waals surface area contributed by atoms with Gasteiger partial charge in [0.2, 0.25) is 0 Å². The fourth-order valence-corrected chi connectivity index (χ4v) is 2.05. The van der Waals surface area contributed by atoms with Crippen LogP contribution in [0, 0.1) is 17.5 Å². The average molecular weight is 245 g/mol. The summed E-state index contributed by atoms with van der Waals surface area (Å²) in [6, 6.07) is 2.26. The summed E-state index contributed by atoms with van der Waals surface area (Å²) in [7, 11) is 1.83. The molecule has 1 heterocycles. The summed E-state index contributed by atoms with van der Waals surface area (Å²) in [5.74, 6) is -3.78. The molecule has 94 valence electrons. The molecular weight excluding hydrogens is 231 g/mol. The third-order valence-corrected chi connectivity index (χ3v) is 3.07. The summed E-state index contributed by atoms with van der Waals surface area (Å²) in [6.07, 6.45) is 1.10. The van der Waals surface area contributed by atoms with Gasteiger partial charge in [-0.2, -0.15) is 0 Å². The van der Waals surface area contributed by atoms with Crippen LogP contribution in [0.3, 0.4) is 0 Å². The highest BCUT2D eigenvalue weighted by Gasteiger charge is 2.24. The highest BCUT2D eigenvalue weighted by molar-refractivity contribution is 5.22. The lowest BCUT2D eigenvalue weighted by molar-refractivity contribution is 0.00113. The molecule has 2 nitrogen and oxygen atoms in total. The second-order valence-electron chi connectivity index (χ2n) is 4.17. The Hall–Kier alpha value is -1.07. The lowest BCUT2D eigenvalue weighted by Crippen LogP contribution is -2.33. The Morgan fingerprint density at radius 3 is 2.47 bits per heavy atom. The number of ether oxygens (including phenoxy) is 1. The summed E-state index contributed by atoms with van der Waals surface area (Å²) in [5, 5.41) is 3.10. The van der Waals surface area contributed by atoms with Gasteiger partial charge in [-0.25, -0.2) is 13.2 Å². The fourth-order valence-electron chi connectivity index (χ4n) is 2.05. The van der Waals surface area contributed by atoms with E-state index in [0.717, 1.165) is 18.6 Å². The summed E-state index contributed by atoms with van der Waals surface area (Å²) < 4.78 is 44.4. The molecule has 0 spiro atoms. The van der Waals surface area contributed by atoms with E-state index in [-0.39, 0.29) is 12.1 Å². The summed E-state index contributed by atoms with van der Waals surface area (Å²) >= 11 is 0. The second-order valence-corrected chi connectivity index (χ2v) is 4.17. The van der Waals surface area contributed by atoms with Crippen molar-refractivity contribution in [2.24, 2.45) is 0 Å². The minimum atomic E-state index is -1.44. The molecule has 1 aromatic rings. The zero-order valence-electron chi connectivity index (χ0n) is 9.47. The van der Waals surface area contributed by atoms with E-state index in [1.165, 1.54) is 0 Å². The maximum Gasteiger partial charge on any atom is 0.194 e. The lowest BCUT2D eigenvalue weighted by Gasteiger charge is -2.29. The van der Waals surface area contributed by atoms with Gasteiger partial charge in [0.25, 0.3) is 0 Å². The van der Waals surface area contributed by atoms with Gasteiger partial charge in [0.05, 0.1) is 6.10 Å². The largest absolute Gasteiger partial charge is 0.373 e. The van der Waals surface area contributed by atoms with Crippen molar-refractivity contribution in [3.8, 4) is 0 Å². The molecule has 2 unspecified atom stereocenters. The molecule has 1 saturated heterocycles. The molecule has 0 aliphatic carbocycles. The van der Waals surface area contributed by atoms with Gasteiger partial charge in [-0.1, -0.05) is 0 Å². The minimum absolute atomic E-state index is 0.255. The standard InChI is InChI=1S/C12H14F3NO/c1-16-8-2-3-17-11(6-8)7-4-9(13)12(15)10(14)5-7/h4-5,8,11,16H,2-3,6H2,1H3. The van der Waals surface area contributed by atoms with Crippen LogP contribution in [0.25, 0.3) is 0 Å². The van der Waals surface area contributed by atoms with Gasteiger partial charge < -0.3 is 10.1 Å². The van der Waals surface area contributed by atoms with Crippen molar-refractivity contribution in [3.05, 3.63) is 35.1 Å². The first-order valence-electron chi connectivity index (χ1n) is 5.55. The van der Waals surface area contributed by atoms with Crippen LogP contribution in [-0.4, -0.2) is 19.7 Å². The van der Waals surface area contributed by atoms with Crippen LogP contribution in [0.15, 0.2) is 12.1 Å². The minimum Gasteiger partial charge on any atom is -0.373 e. The molecule has 2 rings (SSSR count). The zero-order chi connectivity index (χ0) is 12.4. The highest BCUT2D eigenvalue weighted by Crippen LogP contribution is 2.29. The Kier molecular flexibility index (Phi) is 3.69. The quantitative estimate of drug-likeness (QED) is 0.808. The number of hydrogen-bond acceptors (Lipinski definition) is 2. The Morgan fingerprint density at radius 1 is 1.24 bits per heavy atom. The second kappa shape index (κ2) is 5.06. The molecule has 1 aliphatic heterocycles. The maximum absolute atomic E-state index is 13.1. The van der Waals surface area contributed by atoms with Gasteiger partial charge in [-0.05, 0) is 37.6 Å². The van der Waals surface area contributed by atoms with Gasteiger partial charge >= 0.3 is 0 Å². The van der Waals surface area contributed by atoms with Gasteiger partial charge in [-0.15, -0.1) is 0 Å². The van der Waals surface area contributed by atoms with Crippen molar-refractivity contribution in [2.45, 2.75) is 25.0 Å². The van der Waals surface area contributed by atoms with Gasteiger partial charge in [-0.3, -0.25) is 0 Å². The third kappa shape index (κ3) is 2.61. The molecule has 5 heteroatoms. The Bertz CT molecular complexity index is 388. The first kappa shape index (κ1) is 12.4. The van der Waals surface area contributed by atoms with Gasteiger partial charge in [0.15, 0.2) is 17.5 Å². The Labute approximate surface area is 97.8 Å². The van der Waals surface area contributed by atoms with Crippen molar-refractivity contribution in [1.82, 2.24) is 5.32 Å². The molecule has 0 bridgehead atoms. The van der Waals surface area contributed by atoms with Crippen molar-refractivity contribution in [3.63, 3.8) is 0 Å². The Morgan fingerprint density at radius 2 is 1.88 bits per heavy atom. The van der Waals surface area contributed by atoms with Crippen LogP contribution in [0.4, 0.5) is 13.2 Å². The predicted octanol–water partition coefficient (Wildman–Crippen LogP) is 2.54. The van der Waals surface area contributed by atoms with E-state index in [1.807, 2.05) is 7.05 Å². The summed E-state index contributed by atoms with van der Waals surface area (Å²) in [5.41, 5.74) is 0.348. The van der Waals surface area contributed by atoms with E-state index in [9.17, 15) is 13.2 Å².